The van der Waals surface area contributed by atoms with Gasteiger partial charge in [0.2, 0.25) is 0 Å². The molecular formula is C23H34N2O4. The molecule has 160 valence electrons. The van der Waals surface area contributed by atoms with Crippen molar-refractivity contribution < 1.29 is 19.1 Å². The van der Waals surface area contributed by atoms with Gasteiger partial charge in [0, 0.05) is 30.8 Å². The van der Waals surface area contributed by atoms with Crippen molar-refractivity contribution in [1.29, 1.82) is 0 Å². The number of carbonyl (C=O) groups is 2. The number of nitrogens with zero attached hydrogens (tertiary/aromatic N) is 1. The first-order valence-electron chi connectivity index (χ1n) is 10.9. The molecule has 0 radical (unpaired) electrons. The Morgan fingerprint density at radius 1 is 1.28 bits per heavy atom. The smallest absolute Gasteiger partial charge is 0.407 e. The van der Waals surface area contributed by atoms with Crippen molar-refractivity contribution in [2.75, 3.05) is 0 Å². The van der Waals surface area contributed by atoms with E-state index in [1.54, 1.807) is 6.20 Å². The molecule has 6 heteroatoms. The Morgan fingerprint density at radius 3 is 2.69 bits per heavy atom. The number of alkyl carbamates (subject to hydrolysis) is 1. The van der Waals surface area contributed by atoms with Gasteiger partial charge >= 0.3 is 12.1 Å². The van der Waals surface area contributed by atoms with Gasteiger partial charge in [-0.2, -0.15) is 0 Å². The van der Waals surface area contributed by atoms with Crippen LogP contribution in [0.1, 0.15) is 71.4 Å². The predicted octanol–water partition coefficient (Wildman–Crippen LogP) is 4.42. The molecule has 2 fully saturated rings. The molecular weight excluding hydrogens is 368 g/mol. The van der Waals surface area contributed by atoms with Crippen molar-refractivity contribution >= 4 is 12.1 Å². The van der Waals surface area contributed by atoms with Crippen LogP contribution < -0.4 is 5.32 Å². The Hall–Kier alpha value is -2.11. The number of cyclic esters (lactones) is 1. The third-order valence-electron chi connectivity index (χ3n) is 5.77. The Kier molecular flexibility index (Phi) is 7.14. The second-order valence-corrected chi connectivity index (χ2v) is 9.42. The number of nitrogens with one attached hydrogen (secondary N) is 1. The van der Waals surface area contributed by atoms with Crippen LogP contribution in [0.3, 0.4) is 0 Å². The van der Waals surface area contributed by atoms with E-state index < -0.39 is 11.7 Å². The van der Waals surface area contributed by atoms with Crippen LogP contribution in [0.2, 0.25) is 0 Å². The fraction of sp³-hybridized carbons (Fsp3) is 0.696. The van der Waals surface area contributed by atoms with Gasteiger partial charge in [0.25, 0.3) is 0 Å². The first-order valence-corrected chi connectivity index (χ1v) is 10.9. The van der Waals surface area contributed by atoms with Crippen LogP contribution in [0.25, 0.3) is 0 Å². The lowest BCUT2D eigenvalue weighted by atomic mass is 9.81. The van der Waals surface area contributed by atoms with Crippen molar-refractivity contribution in [2.24, 2.45) is 11.8 Å². The van der Waals surface area contributed by atoms with Crippen LogP contribution in [-0.4, -0.2) is 34.8 Å². The van der Waals surface area contributed by atoms with Gasteiger partial charge in [0.1, 0.15) is 11.7 Å². The van der Waals surface area contributed by atoms with E-state index in [4.69, 9.17) is 9.47 Å². The highest BCUT2D eigenvalue weighted by Gasteiger charge is 2.41. The highest BCUT2D eigenvalue weighted by Crippen LogP contribution is 2.33. The number of pyridine rings is 1. The minimum Gasteiger partial charge on any atom is -0.462 e. The van der Waals surface area contributed by atoms with E-state index in [0.717, 1.165) is 25.0 Å². The standard InChI is InChI=1S/C23H34N2O4/c1-23(2,3)29-22(27)25-20(13-16-9-5-4-6-10-16)19-15-18(28-21(19)26)14-17-11-7-8-12-24-17/h7-8,11-12,16,18-20H,4-6,9-10,13-15H2,1-3H3,(H,25,27)/t18-,19+,20+/m1/s1. The fourth-order valence-electron chi connectivity index (χ4n) is 4.45. The van der Waals surface area contributed by atoms with Gasteiger partial charge in [0.05, 0.1) is 5.92 Å². The molecule has 2 aliphatic rings. The van der Waals surface area contributed by atoms with Crippen molar-refractivity contribution in [3.63, 3.8) is 0 Å². The molecule has 3 atom stereocenters. The van der Waals surface area contributed by atoms with Crippen LogP contribution in [0, 0.1) is 11.8 Å². The first-order chi connectivity index (χ1) is 13.8. The molecule has 1 amide bonds. The van der Waals surface area contributed by atoms with Gasteiger partial charge < -0.3 is 14.8 Å². The normalized spacial score (nSPS) is 24.0. The summed E-state index contributed by atoms with van der Waals surface area (Å²) in [6.45, 7) is 5.53. The summed E-state index contributed by atoms with van der Waals surface area (Å²) in [5.74, 6) is -0.0210. The number of ether oxygens (including phenoxy) is 2. The molecule has 29 heavy (non-hydrogen) atoms. The van der Waals surface area contributed by atoms with Gasteiger partial charge in [0.15, 0.2) is 0 Å². The molecule has 3 rings (SSSR count). The Balaban J connectivity index is 1.66. The van der Waals surface area contributed by atoms with Crippen molar-refractivity contribution in [1.82, 2.24) is 10.3 Å². The maximum absolute atomic E-state index is 12.7. The molecule has 0 aromatic carbocycles. The molecule has 1 aromatic rings. The SMILES string of the molecule is CC(C)(C)OC(=O)N[C@@H](CC1CCCCC1)[C@@H]1C[C@@H](Cc2ccccn2)OC1=O. The summed E-state index contributed by atoms with van der Waals surface area (Å²) in [5, 5.41) is 3.00. The molecule has 1 saturated heterocycles. The third-order valence-corrected chi connectivity index (χ3v) is 5.77. The van der Waals surface area contributed by atoms with E-state index in [0.29, 0.717) is 18.8 Å². The summed E-state index contributed by atoms with van der Waals surface area (Å²) < 4.78 is 11.1. The average Bonchev–Trinajstić information content (AvgIpc) is 3.01. The van der Waals surface area contributed by atoms with Gasteiger partial charge in [-0.25, -0.2) is 4.79 Å². The summed E-state index contributed by atoms with van der Waals surface area (Å²) in [4.78, 5) is 29.5. The predicted molar refractivity (Wildman–Crippen MR) is 110 cm³/mol. The summed E-state index contributed by atoms with van der Waals surface area (Å²) in [6, 6.07) is 5.50. The first kappa shape index (κ1) is 21.6. The maximum Gasteiger partial charge on any atom is 0.407 e. The Labute approximate surface area is 173 Å². The average molecular weight is 403 g/mol. The van der Waals surface area contributed by atoms with Crippen LogP contribution in [0.15, 0.2) is 24.4 Å². The fourth-order valence-corrected chi connectivity index (χ4v) is 4.45. The van der Waals surface area contributed by atoms with E-state index >= 15 is 0 Å². The second kappa shape index (κ2) is 9.59. The number of carbonyl (C=O) groups excluding carboxylic acids is 2. The van der Waals surface area contributed by atoms with Crippen LogP contribution >= 0.6 is 0 Å². The number of aromatic nitrogens is 1. The molecule has 2 heterocycles. The lowest BCUT2D eigenvalue weighted by Crippen LogP contribution is -2.45. The molecule has 1 aliphatic heterocycles. The van der Waals surface area contributed by atoms with Crippen molar-refractivity contribution in [3.8, 4) is 0 Å². The van der Waals surface area contributed by atoms with E-state index in [1.165, 1.54) is 19.3 Å². The van der Waals surface area contributed by atoms with E-state index in [9.17, 15) is 9.59 Å². The monoisotopic (exact) mass is 402 g/mol. The summed E-state index contributed by atoms with van der Waals surface area (Å²) in [5.41, 5.74) is 0.340. The second-order valence-electron chi connectivity index (χ2n) is 9.42. The van der Waals surface area contributed by atoms with Gasteiger partial charge in [-0.1, -0.05) is 38.2 Å². The number of amides is 1. The maximum atomic E-state index is 12.7. The van der Waals surface area contributed by atoms with Crippen LogP contribution in [0.5, 0.6) is 0 Å². The largest absolute Gasteiger partial charge is 0.462 e. The summed E-state index contributed by atoms with van der Waals surface area (Å²) >= 11 is 0. The van der Waals surface area contributed by atoms with Crippen LogP contribution in [0.4, 0.5) is 4.79 Å². The zero-order valence-electron chi connectivity index (χ0n) is 17.9. The summed E-state index contributed by atoms with van der Waals surface area (Å²) in [6.07, 6.45) is 9.14. The Bertz CT molecular complexity index is 680. The lowest BCUT2D eigenvalue weighted by Gasteiger charge is -2.30. The van der Waals surface area contributed by atoms with Gasteiger partial charge in [-0.15, -0.1) is 0 Å². The van der Waals surface area contributed by atoms with Crippen molar-refractivity contribution in [2.45, 2.75) is 89.9 Å². The van der Waals surface area contributed by atoms with Crippen molar-refractivity contribution in [3.05, 3.63) is 30.1 Å². The van der Waals surface area contributed by atoms with E-state index in [1.807, 2.05) is 39.0 Å². The van der Waals surface area contributed by atoms with E-state index in [-0.39, 0.29) is 24.0 Å². The third kappa shape index (κ3) is 6.72. The van der Waals surface area contributed by atoms with Gasteiger partial charge in [-0.3, -0.25) is 9.78 Å². The minimum absolute atomic E-state index is 0.198. The zero-order valence-corrected chi connectivity index (χ0v) is 17.9. The van der Waals surface area contributed by atoms with Gasteiger partial charge in [-0.05, 0) is 45.2 Å². The zero-order chi connectivity index (χ0) is 20.9. The highest BCUT2D eigenvalue weighted by molar-refractivity contribution is 5.77. The number of esters is 1. The molecule has 0 spiro atoms. The molecule has 0 bridgehead atoms. The molecule has 6 nitrogen and oxygen atoms in total. The number of hydrogen-bond acceptors (Lipinski definition) is 5. The molecule has 0 unspecified atom stereocenters. The highest BCUT2D eigenvalue weighted by atomic mass is 16.6. The van der Waals surface area contributed by atoms with E-state index in [2.05, 4.69) is 10.3 Å². The van der Waals surface area contributed by atoms with Crippen LogP contribution in [-0.2, 0) is 20.7 Å². The topological polar surface area (TPSA) is 77.5 Å². The Morgan fingerprint density at radius 2 is 2.03 bits per heavy atom. The number of rotatable bonds is 6. The molecule has 1 aromatic heterocycles. The molecule has 1 saturated carbocycles. The molecule has 1 aliphatic carbocycles. The summed E-state index contributed by atoms with van der Waals surface area (Å²) in [7, 11) is 0. The molecule has 1 N–H and O–H groups in total. The number of hydrogen-bond donors (Lipinski definition) is 1. The lowest BCUT2D eigenvalue weighted by molar-refractivity contribution is -0.145. The minimum atomic E-state index is -0.572. The quantitative estimate of drug-likeness (QED) is 0.713.